The standard InChI is InChI=1S/C9H21NO2/c1-5-10-8-9(2,3)12-7-6-11-4/h10H,5-8H2,1-4H3. The molecule has 0 aromatic rings. The van der Waals surface area contributed by atoms with Gasteiger partial charge in [-0.2, -0.15) is 0 Å². The van der Waals surface area contributed by atoms with E-state index in [1.807, 2.05) is 0 Å². The largest absolute Gasteiger partial charge is 0.382 e. The Balaban J connectivity index is 3.42. The summed E-state index contributed by atoms with van der Waals surface area (Å²) in [7, 11) is 1.68. The molecule has 0 atom stereocenters. The Morgan fingerprint density at radius 3 is 2.42 bits per heavy atom. The minimum absolute atomic E-state index is 0.0887. The third-order valence-electron chi connectivity index (χ3n) is 1.58. The number of likely N-dealkylation sites (N-methyl/N-ethyl adjacent to an activating group) is 1. The Morgan fingerprint density at radius 2 is 1.92 bits per heavy atom. The molecule has 0 fully saturated rings. The van der Waals surface area contributed by atoms with Crippen LogP contribution in [0.5, 0.6) is 0 Å². The Labute approximate surface area is 75.4 Å². The van der Waals surface area contributed by atoms with E-state index in [4.69, 9.17) is 9.47 Å². The highest BCUT2D eigenvalue weighted by atomic mass is 16.5. The van der Waals surface area contributed by atoms with Gasteiger partial charge in [-0.05, 0) is 20.4 Å². The maximum atomic E-state index is 5.58. The van der Waals surface area contributed by atoms with E-state index in [-0.39, 0.29) is 5.60 Å². The van der Waals surface area contributed by atoms with Crippen LogP contribution in [0.4, 0.5) is 0 Å². The average Bonchev–Trinajstić information content (AvgIpc) is 2.01. The summed E-state index contributed by atoms with van der Waals surface area (Å²) in [6.45, 7) is 9.43. The summed E-state index contributed by atoms with van der Waals surface area (Å²) in [4.78, 5) is 0. The molecule has 3 heteroatoms. The van der Waals surface area contributed by atoms with Crippen molar-refractivity contribution in [2.24, 2.45) is 0 Å². The number of methoxy groups -OCH3 is 1. The molecule has 0 aliphatic carbocycles. The molecule has 0 aliphatic rings. The number of nitrogens with one attached hydrogen (secondary N) is 1. The molecule has 0 radical (unpaired) electrons. The SMILES string of the molecule is CCNCC(C)(C)OCCOC. The Bertz CT molecular complexity index is 105. The summed E-state index contributed by atoms with van der Waals surface area (Å²) in [5, 5.41) is 3.25. The molecule has 0 unspecified atom stereocenters. The van der Waals surface area contributed by atoms with Gasteiger partial charge in [-0.3, -0.25) is 0 Å². The first-order valence-electron chi connectivity index (χ1n) is 4.46. The first kappa shape index (κ1) is 11.9. The lowest BCUT2D eigenvalue weighted by molar-refractivity contribution is -0.0375. The highest BCUT2D eigenvalue weighted by Gasteiger charge is 2.16. The second-order valence-corrected chi connectivity index (χ2v) is 3.38. The number of hydrogen-bond donors (Lipinski definition) is 1. The minimum atomic E-state index is -0.0887. The molecule has 0 aliphatic heterocycles. The number of hydrogen-bond acceptors (Lipinski definition) is 3. The van der Waals surface area contributed by atoms with Crippen molar-refractivity contribution in [1.82, 2.24) is 5.32 Å². The Hall–Kier alpha value is -0.120. The van der Waals surface area contributed by atoms with E-state index in [9.17, 15) is 0 Å². The maximum Gasteiger partial charge on any atom is 0.0751 e. The fourth-order valence-electron chi connectivity index (χ4n) is 0.878. The smallest absolute Gasteiger partial charge is 0.0751 e. The van der Waals surface area contributed by atoms with E-state index in [0.717, 1.165) is 13.1 Å². The van der Waals surface area contributed by atoms with Gasteiger partial charge in [-0.15, -0.1) is 0 Å². The van der Waals surface area contributed by atoms with E-state index in [1.165, 1.54) is 0 Å². The average molecular weight is 175 g/mol. The predicted octanol–water partition coefficient (Wildman–Crippen LogP) is 1.04. The van der Waals surface area contributed by atoms with E-state index >= 15 is 0 Å². The second-order valence-electron chi connectivity index (χ2n) is 3.38. The monoisotopic (exact) mass is 175 g/mol. The van der Waals surface area contributed by atoms with Gasteiger partial charge in [-0.1, -0.05) is 6.92 Å². The molecular weight excluding hydrogens is 154 g/mol. The Kier molecular flexibility index (Phi) is 6.34. The molecular formula is C9H21NO2. The lowest BCUT2D eigenvalue weighted by Crippen LogP contribution is -2.38. The van der Waals surface area contributed by atoms with Gasteiger partial charge >= 0.3 is 0 Å². The molecule has 0 aromatic heterocycles. The highest BCUT2D eigenvalue weighted by Crippen LogP contribution is 2.06. The fourth-order valence-corrected chi connectivity index (χ4v) is 0.878. The van der Waals surface area contributed by atoms with Gasteiger partial charge in [0.05, 0.1) is 18.8 Å². The predicted molar refractivity (Wildman–Crippen MR) is 50.5 cm³/mol. The van der Waals surface area contributed by atoms with Crippen LogP contribution in [0.3, 0.4) is 0 Å². The van der Waals surface area contributed by atoms with E-state index in [0.29, 0.717) is 13.2 Å². The summed E-state index contributed by atoms with van der Waals surface area (Å²) in [5.74, 6) is 0. The van der Waals surface area contributed by atoms with Gasteiger partial charge in [0, 0.05) is 13.7 Å². The lowest BCUT2D eigenvalue weighted by Gasteiger charge is -2.25. The zero-order valence-corrected chi connectivity index (χ0v) is 8.64. The van der Waals surface area contributed by atoms with Crippen LogP contribution in [0.2, 0.25) is 0 Å². The van der Waals surface area contributed by atoms with Crippen LogP contribution in [-0.2, 0) is 9.47 Å². The van der Waals surface area contributed by atoms with Crippen LogP contribution in [0.1, 0.15) is 20.8 Å². The maximum absolute atomic E-state index is 5.58. The fraction of sp³-hybridized carbons (Fsp3) is 1.00. The number of ether oxygens (including phenoxy) is 2. The molecule has 0 spiro atoms. The third-order valence-corrected chi connectivity index (χ3v) is 1.58. The van der Waals surface area contributed by atoms with Gasteiger partial charge in [0.15, 0.2) is 0 Å². The van der Waals surface area contributed by atoms with Crippen molar-refractivity contribution in [3.63, 3.8) is 0 Å². The second kappa shape index (κ2) is 6.40. The molecule has 3 nitrogen and oxygen atoms in total. The molecule has 0 saturated carbocycles. The molecule has 74 valence electrons. The molecule has 0 bridgehead atoms. The Morgan fingerprint density at radius 1 is 1.25 bits per heavy atom. The third kappa shape index (κ3) is 6.58. The van der Waals surface area contributed by atoms with Crippen molar-refractivity contribution in [3.8, 4) is 0 Å². The first-order valence-corrected chi connectivity index (χ1v) is 4.46. The van der Waals surface area contributed by atoms with Crippen molar-refractivity contribution in [2.45, 2.75) is 26.4 Å². The van der Waals surface area contributed by atoms with Crippen molar-refractivity contribution < 1.29 is 9.47 Å². The molecule has 0 heterocycles. The highest BCUT2D eigenvalue weighted by molar-refractivity contribution is 4.70. The molecule has 0 amide bonds. The molecule has 0 saturated heterocycles. The van der Waals surface area contributed by atoms with Crippen LogP contribution >= 0.6 is 0 Å². The summed E-state index contributed by atoms with van der Waals surface area (Å²) in [6, 6.07) is 0. The zero-order valence-electron chi connectivity index (χ0n) is 8.64. The summed E-state index contributed by atoms with van der Waals surface area (Å²) in [6.07, 6.45) is 0. The topological polar surface area (TPSA) is 30.5 Å². The number of rotatable bonds is 7. The van der Waals surface area contributed by atoms with Crippen LogP contribution in [0, 0.1) is 0 Å². The summed E-state index contributed by atoms with van der Waals surface area (Å²) in [5.41, 5.74) is -0.0887. The quantitative estimate of drug-likeness (QED) is 0.586. The van der Waals surface area contributed by atoms with Crippen molar-refractivity contribution in [2.75, 3.05) is 33.4 Å². The lowest BCUT2D eigenvalue weighted by atomic mass is 10.1. The van der Waals surface area contributed by atoms with Crippen LogP contribution in [0.15, 0.2) is 0 Å². The molecule has 0 rings (SSSR count). The van der Waals surface area contributed by atoms with Crippen LogP contribution < -0.4 is 5.32 Å². The van der Waals surface area contributed by atoms with Crippen molar-refractivity contribution in [1.29, 1.82) is 0 Å². The summed E-state index contributed by atoms with van der Waals surface area (Å²) < 4.78 is 10.5. The minimum Gasteiger partial charge on any atom is -0.382 e. The van der Waals surface area contributed by atoms with E-state index < -0.39 is 0 Å². The van der Waals surface area contributed by atoms with Crippen molar-refractivity contribution >= 4 is 0 Å². The summed E-state index contributed by atoms with van der Waals surface area (Å²) >= 11 is 0. The van der Waals surface area contributed by atoms with Gasteiger partial charge in [0.25, 0.3) is 0 Å². The van der Waals surface area contributed by atoms with Crippen molar-refractivity contribution in [3.05, 3.63) is 0 Å². The van der Waals surface area contributed by atoms with Gasteiger partial charge in [0.2, 0.25) is 0 Å². The molecule has 0 aromatic carbocycles. The van der Waals surface area contributed by atoms with Gasteiger partial charge < -0.3 is 14.8 Å². The van der Waals surface area contributed by atoms with Crippen LogP contribution in [0.25, 0.3) is 0 Å². The molecule has 12 heavy (non-hydrogen) atoms. The van der Waals surface area contributed by atoms with E-state index in [1.54, 1.807) is 7.11 Å². The first-order chi connectivity index (χ1) is 5.62. The van der Waals surface area contributed by atoms with E-state index in [2.05, 4.69) is 26.1 Å². The zero-order chi connectivity index (χ0) is 9.45. The van der Waals surface area contributed by atoms with Gasteiger partial charge in [0.1, 0.15) is 0 Å². The van der Waals surface area contributed by atoms with Crippen LogP contribution in [-0.4, -0.2) is 39.0 Å². The molecule has 1 N–H and O–H groups in total. The normalized spacial score (nSPS) is 12.0. The van der Waals surface area contributed by atoms with Gasteiger partial charge in [-0.25, -0.2) is 0 Å².